The van der Waals surface area contributed by atoms with Crippen molar-refractivity contribution in [1.82, 2.24) is 19.7 Å². The number of hydrogen-bond acceptors (Lipinski definition) is 10. The summed E-state index contributed by atoms with van der Waals surface area (Å²) in [5.74, 6) is -0.882. The van der Waals surface area contributed by atoms with E-state index in [-0.39, 0.29) is 34.0 Å². The first-order chi connectivity index (χ1) is 16.6. The van der Waals surface area contributed by atoms with Crippen molar-refractivity contribution < 1.29 is 22.7 Å². The van der Waals surface area contributed by atoms with Gasteiger partial charge in [-0.1, -0.05) is 53.4 Å². The fourth-order valence-electron chi connectivity index (χ4n) is 2.97. The van der Waals surface area contributed by atoms with Gasteiger partial charge >= 0.3 is 5.97 Å². The fourth-order valence-corrected chi connectivity index (χ4v) is 5.94. The summed E-state index contributed by atoms with van der Waals surface area (Å²) < 4.78 is 32.3. The van der Waals surface area contributed by atoms with E-state index in [0.29, 0.717) is 28.1 Å². The van der Waals surface area contributed by atoms with Crippen LogP contribution in [0.25, 0.3) is 0 Å². The van der Waals surface area contributed by atoms with Gasteiger partial charge in [-0.25, -0.2) is 18.2 Å². The van der Waals surface area contributed by atoms with Crippen molar-refractivity contribution in [2.45, 2.75) is 43.1 Å². The minimum Gasteiger partial charge on any atom is -0.457 e. The highest BCUT2D eigenvalue weighted by Gasteiger charge is 2.22. The van der Waals surface area contributed by atoms with Gasteiger partial charge in [0.15, 0.2) is 20.1 Å². The number of nitrogens with zero attached hydrogens (tertiary/aromatic N) is 4. The van der Waals surface area contributed by atoms with Crippen molar-refractivity contribution in [2.75, 3.05) is 17.7 Å². The monoisotopic (exact) mass is 535 g/mol. The van der Waals surface area contributed by atoms with Crippen LogP contribution in [0, 0.1) is 13.8 Å². The van der Waals surface area contributed by atoms with Crippen LogP contribution in [0.2, 0.25) is 0 Å². The van der Waals surface area contributed by atoms with Gasteiger partial charge in [-0.05, 0) is 32.9 Å². The van der Waals surface area contributed by atoms with Crippen molar-refractivity contribution in [1.29, 1.82) is 0 Å². The number of anilines is 1. The van der Waals surface area contributed by atoms with Gasteiger partial charge in [-0.15, -0.1) is 10.2 Å². The van der Waals surface area contributed by atoms with Crippen LogP contribution >= 0.6 is 23.1 Å². The number of esters is 1. The van der Waals surface area contributed by atoms with Crippen molar-refractivity contribution in [2.24, 2.45) is 0 Å². The Kier molecular flexibility index (Phi) is 8.81. The van der Waals surface area contributed by atoms with E-state index < -0.39 is 15.8 Å². The van der Waals surface area contributed by atoms with Crippen LogP contribution in [0.5, 0.6) is 0 Å². The van der Waals surface area contributed by atoms with Crippen LogP contribution in [0.4, 0.5) is 5.13 Å². The third-order valence-corrected chi connectivity index (χ3v) is 8.35. The first-order valence-electron chi connectivity index (χ1n) is 10.5. The number of aryl methyl sites for hydroxylation is 2. The third kappa shape index (κ3) is 6.77. The van der Waals surface area contributed by atoms with Crippen LogP contribution in [0.15, 0.2) is 47.0 Å². The molecule has 0 bridgehead atoms. The minimum absolute atomic E-state index is 0.00226. The number of ether oxygens (including phenoxy) is 1. The number of benzene rings is 1. The normalized spacial score (nSPS) is 11.3. The molecule has 10 nitrogen and oxygen atoms in total. The molecule has 3 aromatic rings. The zero-order valence-electron chi connectivity index (χ0n) is 19.5. The molecular formula is C22H25N5O5S3. The average Bonchev–Trinajstić information content (AvgIpc) is 3.37. The average molecular weight is 536 g/mol. The molecule has 186 valence electrons. The predicted octanol–water partition coefficient (Wildman–Crippen LogP) is 3.42. The predicted molar refractivity (Wildman–Crippen MR) is 134 cm³/mol. The molecule has 1 N–H and O–H groups in total. The van der Waals surface area contributed by atoms with Gasteiger partial charge in [0, 0.05) is 6.54 Å². The second-order valence-corrected chi connectivity index (χ2v) is 11.3. The molecule has 0 aliphatic carbocycles. The van der Waals surface area contributed by atoms with Crippen molar-refractivity contribution >= 4 is 49.9 Å². The molecule has 0 saturated carbocycles. The maximum Gasteiger partial charge on any atom is 0.350 e. The van der Waals surface area contributed by atoms with Gasteiger partial charge in [0.2, 0.25) is 5.91 Å². The van der Waals surface area contributed by atoms with E-state index in [4.69, 9.17) is 4.74 Å². The zero-order chi connectivity index (χ0) is 25.6. The SMILES string of the molecule is C=CCOC(=O)c1sc(NC(=O)CSc2nnc(CS(=O)(=O)c3ccc(C)cc3)n2CC)nc1C. The van der Waals surface area contributed by atoms with E-state index in [0.717, 1.165) is 28.7 Å². The summed E-state index contributed by atoms with van der Waals surface area (Å²) in [6.45, 7) is 9.41. The molecular weight excluding hydrogens is 510 g/mol. The molecule has 2 aromatic heterocycles. The van der Waals surface area contributed by atoms with Gasteiger partial charge in [-0.2, -0.15) is 0 Å². The Hall–Kier alpha value is -3.03. The zero-order valence-corrected chi connectivity index (χ0v) is 21.9. The number of thiazole rings is 1. The number of rotatable bonds is 11. The van der Waals surface area contributed by atoms with E-state index in [1.807, 2.05) is 13.8 Å². The van der Waals surface area contributed by atoms with Crippen LogP contribution in [-0.4, -0.2) is 52.4 Å². The Balaban J connectivity index is 1.63. The Bertz CT molecular complexity index is 1330. The van der Waals surface area contributed by atoms with Gasteiger partial charge in [-0.3, -0.25) is 4.79 Å². The number of nitrogens with one attached hydrogen (secondary N) is 1. The van der Waals surface area contributed by atoms with E-state index in [1.165, 1.54) is 6.08 Å². The quantitative estimate of drug-likeness (QED) is 0.223. The molecule has 0 spiro atoms. The van der Waals surface area contributed by atoms with Gasteiger partial charge in [0.05, 0.1) is 16.3 Å². The van der Waals surface area contributed by atoms with E-state index >= 15 is 0 Å². The molecule has 0 aliphatic heterocycles. The highest BCUT2D eigenvalue weighted by atomic mass is 32.2. The summed E-state index contributed by atoms with van der Waals surface area (Å²) in [6.07, 6.45) is 1.46. The molecule has 0 atom stereocenters. The van der Waals surface area contributed by atoms with Gasteiger partial charge < -0.3 is 14.6 Å². The summed E-state index contributed by atoms with van der Waals surface area (Å²) >= 11 is 2.15. The second-order valence-electron chi connectivity index (χ2n) is 7.37. The van der Waals surface area contributed by atoms with Crippen LogP contribution in [0.1, 0.15) is 33.7 Å². The molecule has 0 saturated heterocycles. The van der Waals surface area contributed by atoms with Crippen molar-refractivity contribution in [3.63, 3.8) is 0 Å². The first-order valence-corrected chi connectivity index (χ1v) is 14.0. The number of amides is 1. The standard InChI is InChI=1S/C22H25N5O5S3/c1-5-11-32-20(29)19-15(4)23-21(34-19)24-18(28)12-33-22-26-25-17(27(22)6-2)13-35(30,31)16-9-7-14(3)8-10-16/h5,7-10H,1,6,11-13H2,2-4H3,(H,23,24,28). The first kappa shape index (κ1) is 26.6. The van der Waals surface area contributed by atoms with Crippen molar-refractivity contribution in [3.8, 4) is 0 Å². The lowest BCUT2D eigenvalue weighted by atomic mass is 10.2. The maximum absolute atomic E-state index is 12.8. The van der Waals surface area contributed by atoms with E-state index in [9.17, 15) is 18.0 Å². The highest BCUT2D eigenvalue weighted by molar-refractivity contribution is 7.99. The summed E-state index contributed by atoms with van der Waals surface area (Å²) in [7, 11) is -3.60. The molecule has 2 heterocycles. The smallest absolute Gasteiger partial charge is 0.350 e. The molecule has 0 unspecified atom stereocenters. The number of thioether (sulfide) groups is 1. The number of carbonyl (C=O) groups is 2. The molecule has 1 amide bonds. The Morgan fingerprint density at radius 3 is 2.60 bits per heavy atom. The molecule has 13 heteroatoms. The molecule has 3 rings (SSSR count). The summed E-state index contributed by atoms with van der Waals surface area (Å²) in [5, 5.41) is 11.5. The van der Waals surface area contributed by atoms with E-state index in [1.54, 1.807) is 35.8 Å². The fraction of sp³-hybridized carbons (Fsp3) is 0.318. The van der Waals surface area contributed by atoms with Crippen LogP contribution in [0.3, 0.4) is 0 Å². The Labute approximate surface area is 211 Å². The maximum atomic E-state index is 12.8. The topological polar surface area (TPSA) is 133 Å². The number of sulfone groups is 1. The summed E-state index contributed by atoms with van der Waals surface area (Å²) in [4.78, 5) is 29.2. The largest absolute Gasteiger partial charge is 0.457 e. The lowest BCUT2D eigenvalue weighted by Crippen LogP contribution is -2.15. The number of aromatic nitrogens is 4. The second kappa shape index (κ2) is 11.6. The lowest BCUT2D eigenvalue weighted by Gasteiger charge is -2.08. The minimum atomic E-state index is -3.60. The lowest BCUT2D eigenvalue weighted by molar-refractivity contribution is -0.113. The van der Waals surface area contributed by atoms with Gasteiger partial charge in [0.25, 0.3) is 0 Å². The van der Waals surface area contributed by atoms with Crippen molar-refractivity contribution in [3.05, 3.63) is 58.9 Å². The van der Waals surface area contributed by atoms with Crippen LogP contribution in [-0.2, 0) is 31.7 Å². The van der Waals surface area contributed by atoms with Gasteiger partial charge in [0.1, 0.15) is 23.1 Å². The highest BCUT2D eigenvalue weighted by Crippen LogP contribution is 2.25. The Morgan fingerprint density at radius 1 is 1.23 bits per heavy atom. The summed E-state index contributed by atoms with van der Waals surface area (Å²) in [6, 6.07) is 6.63. The third-order valence-electron chi connectivity index (χ3n) is 4.70. The molecule has 0 radical (unpaired) electrons. The number of hydrogen-bond donors (Lipinski definition) is 1. The van der Waals surface area contributed by atoms with Crippen LogP contribution < -0.4 is 5.32 Å². The molecule has 35 heavy (non-hydrogen) atoms. The molecule has 0 aliphatic rings. The summed E-state index contributed by atoms with van der Waals surface area (Å²) in [5.41, 5.74) is 1.42. The Morgan fingerprint density at radius 2 is 1.94 bits per heavy atom. The van der Waals surface area contributed by atoms with E-state index in [2.05, 4.69) is 27.1 Å². The number of carbonyl (C=O) groups excluding carboxylic acids is 2. The molecule has 0 fully saturated rings. The molecule has 1 aromatic carbocycles.